The van der Waals surface area contributed by atoms with Crippen LogP contribution in [0.3, 0.4) is 0 Å². The summed E-state index contributed by atoms with van der Waals surface area (Å²) in [6.45, 7) is 3.64. The van der Waals surface area contributed by atoms with Crippen molar-refractivity contribution in [3.05, 3.63) is 94.6 Å². The summed E-state index contributed by atoms with van der Waals surface area (Å²) in [4.78, 5) is 23.3. The number of aromatic nitrogens is 3. The van der Waals surface area contributed by atoms with Crippen LogP contribution in [0.15, 0.2) is 61.1 Å². The highest BCUT2D eigenvalue weighted by Crippen LogP contribution is 2.29. The van der Waals surface area contributed by atoms with Crippen molar-refractivity contribution in [3.63, 3.8) is 0 Å². The number of alkyl halides is 3. The van der Waals surface area contributed by atoms with Crippen molar-refractivity contribution in [3.8, 4) is 11.8 Å². The third-order valence-electron chi connectivity index (χ3n) is 5.80. The van der Waals surface area contributed by atoms with Crippen LogP contribution in [0.25, 0.3) is 11.0 Å². The monoisotopic (exact) mass is 490 g/mol. The maximum Gasteiger partial charge on any atom is 0.416 e. The van der Waals surface area contributed by atoms with Gasteiger partial charge in [0.2, 0.25) is 0 Å². The van der Waals surface area contributed by atoms with Crippen LogP contribution in [0.2, 0.25) is 0 Å². The molecule has 8 heteroatoms. The molecule has 0 radical (unpaired) electrons. The maximum atomic E-state index is 13.0. The number of hydrogen-bond acceptors (Lipinski definition) is 4. The van der Waals surface area contributed by atoms with Crippen LogP contribution in [0.4, 0.5) is 13.2 Å². The maximum absolute atomic E-state index is 13.0. The second kappa shape index (κ2) is 10.3. The van der Waals surface area contributed by atoms with E-state index in [0.29, 0.717) is 11.1 Å². The minimum Gasteiger partial charge on any atom is -0.329 e. The zero-order valence-electron chi connectivity index (χ0n) is 20.2. The van der Waals surface area contributed by atoms with E-state index in [1.165, 1.54) is 0 Å². The molecule has 0 aliphatic rings. The molecule has 2 heterocycles. The Morgan fingerprint density at radius 3 is 2.58 bits per heavy atom. The van der Waals surface area contributed by atoms with Gasteiger partial charge in [-0.3, -0.25) is 9.78 Å². The number of benzene rings is 2. The molecule has 4 rings (SSSR count). The Morgan fingerprint density at radius 2 is 1.83 bits per heavy atom. The van der Waals surface area contributed by atoms with E-state index in [0.717, 1.165) is 53.6 Å². The first-order chi connectivity index (χ1) is 17.1. The summed E-state index contributed by atoms with van der Waals surface area (Å²) < 4.78 is 41.0. The molecule has 0 unspecified atom stereocenters. The first-order valence-electron chi connectivity index (χ1n) is 11.4. The number of pyridine rings is 1. The average Bonchev–Trinajstić information content (AvgIpc) is 3.24. The molecule has 36 heavy (non-hydrogen) atoms. The molecule has 0 bridgehead atoms. The van der Waals surface area contributed by atoms with Crippen LogP contribution in [0.5, 0.6) is 0 Å². The van der Waals surface area contributed by atoms with Crippen LogP contribution >= 0.6 is 0 Å². The zero-order valence-corrected chi connectivity index (χ0v) is 20.2. The standard InChI is InChI=1S/C28H25F3N4O/c1-19-4-7-22(27(36)17-24-16-23(10-11-32-24)28(29,30)31)15-21(19)8-5-20-6-9-26-25(14-20)33-18-35(26)13-12-34(2)3/h4,6-7,9-11,14-16,18H,12-13,17H2,1-3H3. The Bertz CT molecular complexity index is 1480. The van der Waals surface area contributed by atoms with Crippen molar-refractivity contribution in [2.45, 2.75) is 26.1 Å². The van der Waals surface area contributed by atoms with E-state index in [-0.39, 0.29) is 17.9 Å². The van der Waals surface area contributed by atoms with Crippen LogP contribution in [0.1, 0.15) is 38.3 Å². The number of Topliss-reactive ketones (excluding diaryl/α,β-unsaturated/α-hetero) is 1. The Hall–Kier alpha value is -3.96. The number of fused-ring (bicyclic) bond motifs is 1. The van der Waals surface area contributed by atoms with Crippen LogP contribution in [-0.2, 0) is 19.1 Å². The van der Waals surface area contributed by atoms with Gasteiger partial charge in [0.25, 0.3) is 0 Å². The molecule has 0 N–H and O–H groups in total. The van der Waals surface area contributed by atoms with Crippen LogP contribution in [0, 0.1) is 18.8 Å². The van der Waals surface area contributed by atoms with E-state index >= 15 is 0 Å². The zero-order chi connectivity index (χ0) is 25.9. The van der Waals surface area contributed by atoms with Gasteiger partial charge in [-0.15, -0.1) is 0 Å². The number of aryl methyl sites for hydroxylation is 1. The van der Waals surface area contributed by atoms with Gasteiger partial charge >= 0.3 is 6.18 Å². The summed E-state index contributed by atoms with van der Waals surface area (Å²) in [7, 11) is 4.05. The minimum atomic E-state index is -4.49. The lowest BCUT2D eigenvalue weighted by atomic mass is 9.99. The lowest BCUT2D eigenvalue weighted by Gasteiger charge is -2.10. The third-order valence-corrected chi connectivity index (χ3v) is 5.80. The van der Waals surface area contributed by atoms with E-state index in [1.807, 2.05) is 45.5 Å². The molecule has 0 saturated heterocycles. The van der Waals surface area contributed by atoms with Gasteiger partial charge in [-0.2, -0.15) is 13.2 Å². The van der Waals surface area contributed by atoms with Gasteiger partial charge in [0.1, 0.15) is 0 Å². The van der Waals surface area contributed by atoms with E-state index < -0.39 is 11.7 Å². The summed E-state index contributed by atoms with van der Waals surface area (Å²) in [5, 5.41) is 0. The van der Waals surface area contributed by atoms with Gasteiger partial charge in [0.05, 0.1) is 29.3 Å². The number of carbonyl (C=O) groups is 1. The molecule has 0 atom stereocenters. The molecular formula is C28H25F3N4O. The highest BCUT2D eigenvalue weighted by molar-refractivity contribution is 5.97. The largest absolute Gasteiger partial charge is 0.416 e. The summed E-state index contributed by atoms with van der Waals surface area (Å²) in [6, 6.07) is 12.8. The van der Waals surface area contributed by atoms with E-state index in [1.54, 1.807) is 18.2 Å². The second-order valence-corrected chi connectivity index (χ2v) is 8.86. The number of rotatable bonds is 6. The number of likely N-dealkylation sites (N-methyl/N-ethyl adjacent to an activating group) is 1. The molecule has 184 valence electrons. The highest BCUT2D eigenvalue weighted by atomic mass is 19.4. The van der Waals surface area contributed by atoms with Gasteiger partial charge < -0.3 is 9.47 Å². The lowest BCUT2D eigenvalue weighted by molar-refractivity contribution is -0.137. The van der Waals surface area contributed by atoms with Crippen molar-refractivity contribution in [1.29, 1.82) is 0 Å². The fourth-order valence-electron chi connectivity index (χ4n) is 3.71. The third kappa shape index (κ3) is 5.99. The normalized spacial score (nSPS) is 11.5. The van der Waals surface area contributed by atoms with Crippen molar-refractivity contribution in [2.75, 3.05) is 20.6 Å². The average molecular weight is 491 g/mol. The van der Waals surface area contributed by atoms with E-state index in [9.17, 15) is 18.0 Å². The first-order valence-corrected chi connectivity index (χ1v) is 11.4. The Labute approximate surface area is 207 Å². The fraction of sp³-hybridized carbons (Fsp3) is 0.250. The molecule has 2 aromatic carbocycles. The quantitative estimate of drug-likeness (QED) is 0.277. The molecule has 0 aliphatic carbocycles. The van der Waals surface area contributed by atoms with Gasteiger partial charge in [0.15, 0.2) is 5.78 Å². The van der Waals surface area contributed by atoms with Crippen molar-refractivity contribution < 1.29 is 18.0 Å². The fourth-order valence-corrected chi connectivity index (χ4v) is 3.71. The number of ketones is 1. The van der Waals surface area contributed by atoms with Gasteiger partial charge in [-0.05, 0) is 63.0 Å². The van der Waals surface area contributed by atoms with Gasteiger partial charge in [-0.25, -0.2) is 4.98 Å². The second-order valence-electron chi connectivity index (χ2n) is 8.86. The first kappa shape index (κ1) is 25.1. The molecule has 2 aromatic heterocycles. The molecule has 0 spiro atoms. The Morgan fingerprint density at radius 1 is 1.03 bits per heavy atom. The smallest absolute Gasteiger partial charge is 0.329 e. The van der Waals surface area contributed by atoms with Crippen LogP contribution in [-0.4, -0.2) is 45.9 Å². The Kier molecular flexibility index (Phi) is 7.22. The number of halogens is 3. The summed E-state index contributed by atoms with van der Waals surface area (Å²) in [6.07, 6.45) is -1.82. The minimum absolute atomic E-state index is 0.0707. The number of imidazole rings is 1. The predicted molar refractivity (Wildman–Crippen MR) is 133 cm³/mol. The summed E-state index contributed by atoms with van der Waals surface area (Å²) >= 11 is 0. The van der Waals surface area contributed by atoms with Crippen molar-refractivity contribution >= 4 is 16.8 Å². The lowest BCUT2D eigenvalue weighted by Crippen LogP contribution is -2.17. The van der Waals surface area contributed by atoms with Gasteiger partial charge in [-0.1, -0.05) is 24.0 Å². The Balaban J connectivity index is 1.53. The topological polar surface area (TPSA) is 51.0 Å². The van der Waals surface area contributed by atoms with Gasteiger partial charge in [0, 0.05) is 41.7 Å². The molecule has 0 fully saturated rings. The number of nitrogens with zero attached hydrogens (tertiary/aromatic N) is 4. The van der Waals surface area contributed by atoms with E-state index in [2.05, 4.69) is 31.3 Å². The number of hydrogen-bond donors (Lipinski definition) is 0. The summed E-state index contributed by atoms with van der Waals surface area (Å²) in [5.41, 5.74) is 3.88. The SMILES string of the molecule is Cc1ccc(C(=O)Cc2cc(C(F)(F)F)ccn2)cc1C#Cc1ccc2c(c1)ncn2CCN(C)C. The summed E-state index contributed by atoms with van der Waals surface area (Å²) in [5.74, 6) is 5.93. The van der Waals surface area contributed by atoms with Crippen molar-refractivity contribution in [2.24, 2.45) is 0 Å². The molecule has 0 aliphatic heterocycles. The molecule has 0 saturated carbocycles. The van der Waals surface area contributed by atoms with E-state index in [4.69, 9.17) is 0 Å². The molecule has 5 nitrogen and oxygen atoms in total. The molecule has 4 aromatic rings. The number of carbonyl (C=O) groups excluding carboxylic acids is 1. The molecule has 0 amide bonds. The molecular weight excluding hydrogens is 465 g/mol. The van der Waals surface area contributed by atoms with Crippen LogP contribution < -0.4 is 0 Å². The predicted octanol–water partition coefficient (Wildman–Crippen LogP) is 5.15. The highest BCUT2D eigenvalue weighted by Gasteiger charge is 2.30. The van der Waals surface area contributed by atoms with Crippen molar-refractivity contribution in [1.82, 2.24) is 19.4 Å².